The molecule has 164 valence electrons. The van der Waals surface area contributed by atoms with Gasteiger partial charge in [-0.25, -0.2) is 13.6 Å². The van der Waals surface area contributed by atoms with Gasteiger partial charge in [0, 0.05) is 24.1 Å². The molecule has 2 aliphatic heterocycles. The minimum Gasteiger partial charge on any atom is -0.466 e. The first-order chi connectivity index (χ1) is 15.0. The fourth-order valence-corrected chi connectivity index (χ4v) is 4.92. The molecule has 0 aromatic heterocycles. The van der Waals surface area contributed by atoms with E-state index in [0.29, 0.717) is 6.04 Å². The standard InChI is InChI=1S/C25H27F2NO3/c1-28-20-11-13-22(28)21(12-14-24(29)30-2)23(15-20)31-25(16-3-7-18(26)8-4-16)17-5-9-19(27)10-6-17/h3-10,12,14,20-23,25H,11,13,15H2,1-2H3/t20?,21-,22?,23+/m1/s1. The predicted molar refractivity (Wildman–Crippen MR) is 113 cm³/mol. The first kappa shape index (κ1) is 21.7. The molecule has 2 aliphatic rings. The van der Waals surface area contributed by atoms with Crippen LogP contribution in [-0.2, 0) is 14.3 Å². The molecule has 2 heterocycles. The lowest BCUT2D eigenvalue weighted by molar-refractivity contribution is -0.134. The van der Waals surface area contributed by atoms with Gasteiger partial charge in [0.15, 0.2) is 0 Å². The van der Waals surface area contributed by atoms with Crippen molar-refractivity contribution in [1.82, 2.24) is 4.90 Å². The minimum atomic E-state index is -0.469. The monoisotopic (exact) mass is 427 g/mol. The lowest BCUT2D eigenvalue weighted by atomic mass is 9.86. The molecule has 0 radical (unpaired) electrons. The van der Waals surface area contributed by atoms with Crippen LogP contribution >= 0.6 is 0 Å². The maximum atomic E-state index is 13.5. The van der Waals surface area contributed by atoms with Crippen LogP contribution in [0.4, 0.5) is 8.78 Å². The van der Waals surface area contributed by atoms with Gasteiger partial charge < -0.3 is 9.47 Å². The van der Waals surface area contributed by atoms with Gasteiger partial charge in [-0.05, 0) is 61.7 Å². The molecule has 0 aliphatic carbocycles. The zero-order valence-electron chi connectivity index (χ0n) is 17.7. The van der Waals surface area contributed by atoms with Gasteiger partial charge in [-0.1, -0.05) is 30.3 Å². The molecular formula is C25H27F2NO3. The van der Waals surface area contributed by atoms with Gasteiger partial charge in [-0.2, -0.15) is 0 Å². The van der Waals surface area contributed by atoms with E-state index in [2.05, 4.69) is 11.9 Å². The summed E-state index contributed by atoms with van der Waals surface area (Å²) in [6.45, 7) is 0. The molecule has 0 saturated carbocycles. The van der Waals surface area contributed by atoms with E-state index in [4.69, 9.17) is 9.47 Å². The van der Waals surface area contributed by atoms with Gasteiger partial charge in [0.2, 0.25) is 0 Å². The SMILES string of the molecule is COC(=O)C=C[C@@H]1C2CCC(C[C@@H]1OC(c1ccc(F)cc1)c1ccc(F)cc1)N2C. The molecule has 4 nitrogen and oxygen atoms in total. The number of esters is 1. The second-order valence-corrected chi connectivity index (χ2v) is 8.32. The third kappa shape index (κ3) is 4.70. The number of benzene rings is 2. The van der Waals surface area contributed by atoms with Gasteiger partial charge in [0.1, 0.15) is 17.7 Å². The molecule has 31 heavy (non-hydrogen) atoms. The van der Waals surface area contributed by atoms with Gasteiger partial charge in [-0.15, -0.1) is 0 Å². The van der Waals surface area contributed by atoms with Crippen LogP contribution in [-0.4, -0.2) is 43.2 Å². The number of nitrogens with zero attached hydrogens (tertiary/aromatic N) is 1. The van der Waals surface area contributed by atoms with E-state index in [0.717, 1.165) is 30.4 Å². The number of hydrogen-bond donors (Lipinski definition) is 0. The van der Waals surface area contributed by atoms with Crippen molar-refractivity contribution in [3.8, 4) is 0 Å². The number of carbonyl (C=O) groups excluding carboxylic acids is 1. The van der Waals surface area contributed by atoms with E-state index in [1.165, 1.54) is 37.5 Å². The molecule has 2 bridgehead atoms. The molecule has 0 spiro atoms. The van der Waals surface area contributed by atoms with Gasteiger partial charge in [0.05, 0.1) is 13.2 Å². The molecule has 4 rings (SSSR count). The van der Waals surface area contributed by atoms with Crippen LogP contribution in [0.5, 0.6) is 0 Å². The number of ether oxygens (including phenoxy) is 2. The number of hydrogen-bond acceptors (Lipinski definition) is 4. The molecule has 6 heteroatoms. The molecule has 2 saturated heterocycles. The minimum absolute atomic E-state index is 0.00578. The topological polar surface area (TPSA) is 38.8 Å². The highest BCUT2D eigenvalue weighted by Gasteiger charge is 2.45. The summed E-state index contributed by atoms with van der Waals surface area (Å²) in [7, 11) is 3.48. The highest BCUT2D eigenvalue weighted by atomic mass is 19.1. The van der Waals surface area contributed by atoms with Crippen LogP contribution in [0.2, 0.25) is 0 Å². The lowest BCUT2D eigenvalue weighted by Gasteiger charge is -2.43. The Hall–Kier alpha value is -2.57. The Morgan fingerprint density at radius 2 is 1.61 bits per heavy atom. The largest absolute Gasteiger partial charge is 0.466 e. The van der Waals surface area contributed by atoms with Gasteiger partial charge in [-0.3, -0.25) is 4.90 Å². The smallest absolute Gasteiger partial charge is 0.330 e. The quantitative estimate of drug-likeness (QED) is 0.497. The molecule has 2 aromatic rings. The Labute approximate surface area is 181 Å². The number of methoxy groups -OCH3 is 1. The fourth-order valence-electron chi connectivity index (χ4n) is 4.92. The van der Waals surface area contributed by atoms with E-state index in [-0.39, 0.29) is 29.7 Å². The Morgan fingerprint density at radius 1 is 1.03 bits per heavy atom. The molecular weight excluding hydrogens is 400 g/mol. The van der Waals surface area contributed by atoms with E-state index < -0.39 is 12.1 Å². The Morgan fingerprint density at radius 3 is 2.16 bits per heavy atom. The Kier molecular flexibility index (Phi) is 6.49. The summed E-state index contributed by atoms with van der Waals surface area (Å²) in [6, 6.07) is 13.1. The maximum Gasteiger partial charge on any atom is 0.330 e. The molecule has 0 N–H and O–H groups in total. The Bertz CT molecular complexity index is 883. The summed E-state index contributed by atoms with van der Waals surface area (Å²) in [4.78, 5) is 14.1. The zero-order chi connectivity index (χ0) is 22.0. The van der Waals surface area contributed by atoms with Crippen molar-refractivity contribution in [2.24, 2.45) is 5.92 Å². The van der Waals surface area contributed by atoms with Crippen molar-refractivity contribution >= 4 is 5.97 Å². The predicted octanol–water partition coefficient (Wildman–Crippen LogP) is 4.65. The number of rotatable bonds is 6. The summed E-state index contributed by atoms with van der Waals surface area (Å²) in [5.74, 6) is -1.03. The van der Waals surface area contributed by atoms with E-state index in [9.17, 15) is 13.6 Å². The summed E-state index contributed by atoms with van der Waals surface area (Å²) >= 11 is 0. The van der Waals surface area contributed by atoms with Crippen LogP contribution in [0.3, 0.4) is 0 Å². The molecule has 0 amide bonds. The summed E-state index contributed by atoms with van der Waals surface area (Å²) in [5.41, 5.74) is 1.60. The first-order valence-electron chi connectivity index (χ1n) is 10.6. The Balaban J connectivity index is 1.66. The van der Waals surface area contributed by atoms with Crippen molar-refractivity contribution in [2.75, 3.05) is 14.2 Å². The van der Waals surface area contributed by atoms with Crippen molar-refractivity contribution in [2.45, 2.75) is 43.6 Å². The van der Waals surface area contributed by atoms with Crippen LogP contribution < -0.4 is 0 Å². The molecule has 2 aromatic carbocycles. The highest BCUT2D eigenvalue weighted by molar-refractivity contribution is 5.81. The summed E-state index contributed by atoms with van der Waals surface area (Å²) in [6.07, 6.45) is 5.69. The zero-order valence-corrected chi connectivity index (χ0v) is 17.7. The number of carbonyl (C=O) groups is 1. The second kappa shape index (κ2) is 9.28. The van der Waals surface area contributed by atoms with Crippen molar-refractivity contribution < 1.29 is 23.0 Å². The third-order valence-electron chi connectivity index (χ3n) is 6.58. The van der Waals surface area contributed by atoms with Crippen molar-refractivity contribution in [3.05, 3.63) is 83.4 Å². The van der Waals surface area contributed by atoms with Crippen LogP contribution in [0, 0.1) is 17.6 Å². The van der Waals surface area contributed by atoms with Crippen molar-refractivity contribution in [1.29, 1.82) is 0 Å². The number of fused-ring (bicyclic) bond motifs is 2. The molecule has 4 atom stereocenters. The van der Waals surface area contributed by atoms with Gasteiger partial charge >= 0.3 is 5.97 Å². The van der Waals surface area contributed by atoms with Crippen LogP contribution in [0.15, 0.2) is 60.7 Å². The van der Waals surface area contributed by atoms with Crippen molar-refractivity contribution in [3.63, 3.8) is 0 Å². The second-order valence-electron chi connectivity index (χ2n) is 8.32. The average molecular weight is 427 g/mol. The van der Waals surface area contributed by atoms with E-state index >= 15 is 0 Å². The van der Waals surface area contributed by atoms with Gasteiger partial charge in [0.25, 0.3) is 0 Å². The average Bonchev–Trinajstić information content (AvgIpc) is 3.02. The summed E-state index contributed by atoms with van der Waals surface area (Å²) in [5, 5.41) is 0. The van der Waals surface area contributed by atoms with E-state index in [1.807, 2.05) is 6.08 Å². The fraction of sp³-hybridized carbons (Fsp3) is 0.400. The van der Waals surface area contributed by atoms with E-state index in [1.54, 1.807) is 24.3 Å². The maximum absolute atomic E-state index is 13.5. The molecule has 2 unspecified atom stereocenters. The third-order valence-corrected chi connectivity index (χ3v) is 6.58. The number of halogens is 2. The normalized spacial score (nSPS) is 26.0. The molecule has 2 fully saturated rings. The van der Waals surface area contributed by atoms with Crippen LogP contribution in [0.1, 0.15) is 36.5 Å². The highest BCUT2D eigenvalue weighted by Crippen LogP contribution is 2.42. The lowest BCUT2D eigenvalue weighted by Crippen LogP contribution is -2.49. The van der Waals surface area contributed by atoms with Crippen LogP contribution in [0.25, 0.3) is 0 Å². The number of piperidine rings is 1. The first-order valence-corrected chi connectivity index (χ1v) is 10.6. The summed E-state index contributed by atoms with van der Waals surface area (Å²) < 4.78 is 38.5.